The van der Waals surface area contributed by atoms with Gasteiger partial charge in [-0.15, -0.1) is 0 Å². The molecule has 1 heterocycles. The normalized spacial score (nSPS) is 15.0. The lowest BCUT2D eigenvalue weighted by Gasteiger charge is -2.37. The third-order valence-electron chi connectivity index (χ3n) is 7.12. The highest BCUT2D eigenvalue weighted by molar-refractivity contribution is 6.13. The molecule has 2 N–H and O–H groups in total. The Morgan fingerprint density at radius 2 is 1.63 bits per heavy atom. The van der Waals surface area contributed by atoms with Crippen LogP contribution in [0.1, 0.15) is 54.2 Å². The number of nitrogens with zero attached hydrogens (tertiary/aromatic N) is 1. The largest absolute Gasteiger partial charge is 0.463 e. The molecular weight excluding hydrogens is 514 g/mol. The van der Waals surface area contributed by atoms with Gasteiger partial charge in [0.25, 0.3) is 5.91 Å². The van der Waals surface area contributed by atoms with Crippen LogP contribution in [0, 0.1) is 0 Å². The monoisotopic (exact) mass is 547 g/mol. The number of amides is 3. The number of hydrogen-bond acceptors (Lipinski definition) is 4. The van der Waals surface area contributed by atoms with Gasteiger partial charge < -0.3 is 15.4 Å². The molecule has 1 aliphatic rings. The maximum absolute atomic E-state index is 13.5. The predicted octanol–water partition coefficient (Wildman–Crippen LogP) is 6.93. The molecule has 1 aliphatic heterocycles. The van der Waals surface area contributed by atoms with Crippen LogP contribution in [0.5, 0.6) is 0 Å². The summed E-state index contributed by atoms with van der Waals surface area (Å²) in [4.78, 5) is 42.0. The molecule has 41 heavy (non-hydrogen) atoms. The average Bonchev–Trinajstić information content (AvgIpc) is 3.00. The first-order chi connectivity index (χ1) is 20.0. The molecule has 5 rings (SSSR count). The van der Waals surface area contributed by atoms with Crippen molar-refractivity contribution in [3.8, 4) is 0 Å². The molecule has 0 radical (unpaired) electrons. The minimum atomic E-state index is -0.774. The molecule has 4 aromatic rings. The molecule has 208 valence electrons. The number of esters is 1. The molecular formula is C34H33N3O4. The van der Waals surface area contributed by atoms with E-state index in [9.17, 15) is 14.4 Å². The second-order valence-corrected chi connectivity index (χ2v) is 9.84. The lowest BCUT2D eigenvalue weighted by Crippen LogP contribution is -2.48. The van der Waals surface area contributed by atoms with Gasteiger partial charge in [0.05, 0.1) is 23.9 Å². The fraction of sp³-hybridized carbons (Fsp3) is 0.206. The first-order valence-corrected chi connectivity index (χ1v) is 14.0. The zero-order valence-corrected chi connectivity index (χ0v) is 23.2. The quantitative estimate of drug-likeness (QED) is 0.222. The minimum Gasteiger partial charge on any atom is -0.463 e. The number of ether oxygens (including phenoxy) is 1. The van der Waals surface area contributed by atoms with Crippen molar-refractivity contribution >= 4 is 40.1 Å². The van der Waals surface area contributed by atoms with Crippen LogP contribution in [0.15, 0.2) is 103 Å². The van der Waals surface area contributed by atoms with E-state index in [4.69, 9.17) is 4.74 Å². The van der Waals surface area contributed by atoms with E-state index in [-0.39, 0.29) is 18.5 Å². The maximum Gasteiger partial charge on any atom is 0.338 e. The van der Waals surface area contributed by atoms with E-state index in [0.717, 1.165) is 29.2 Å². The van der Waals surface area contributed by atoms with Crippen LogP contribution in [0.25, 0.3) is 16.5 Å². The Morgan fingerprint density at radius 3 is 2.41 bits per heavy atom. The lowest BCUT2D eigenvalue weighted by molar-refractivity contribution is -0.138. The summed E-state index contributed by atoms with van der Waals surface area (Å²) in [6, 6.07) is 28.9. The second kappa shape index (κ2) is 12.5. The Bertz CT molecular complexity index is 1610. The van der Waals surface area contributed by atoms with Crippen molar-refractivity contribution in [3.63, 3.8) is 0 Å². The highest BCUT2D eigenvalue weighted by Gasteiger charge is 2.38. The molecule has 7 heteroatoms. The molecule has 0 spiro atoms. The van der Waals surface area contributed by atoms with Crippen molar-refractivity contribution in [2.45, 2.75) is 32.7 Å². The smallest absolute Gasteiger partial charge is 0.338 e. The van der Waals surface area contributed by atoms with E-state index in [1.807, 2.05) is 72.8 Å². The Balaban J connectivity index is 1.56. The van der Waals surface area contributed by atoms with Crippen molar-refractivity contribution in [2.75, 3.05) is 18.5 Å². The minimum absolute atomic E-state index is 0.196. The number of carbonyl (C=O) groups excluding carboxylic acids is 3. The van der Waals surface area contributed by atoms with Gasteiger partial charge in [-0.05, 0) is 53.4 Å². The standard InChI is InChI=1S/C34H33N3O4/c1-3-5-21-37-31(24-14-7-6-8-15-24)29(33(39)41-4-2)30(36-34(37)40)25-17-11-18-26(22-25)35-32(38)28-20-12-16-23-13-9-10-19-27(23)28/h6-20,22,30H,3-5,21H2,1-2H3,(H,35,38)(H,36,40)/t30-/m0/s1. The van der Waals surface area contributed by atoms with Crippen LogP contribution in [0.2, 0.25) is 0 Å². The molecule has 1 atom stereocenters. The first-order valence-electron chi connectivity index (χ1n) is 14.0. The van der Waals surface area contributed by atoms with Gasteiger partial charge in [0.2, 0.25) is 0 Å². The van der Waals surface area contributed by atoms with Gasteiger partial charge in [-0.1, -0.05) is 92.2 Å². The first kappa shape index (κ1) is 27.6. The predicted molar refractivity (Wildman–Crippen MR) is 161 cm³/mol. The van der Waals surface area contributed by atoms with Crippen molar-refractivity contribution in [1.82, 2.24) is 10.2 Å². The van der Waals surface area contributed by atoms with Crippen molar-refractivity contribution in [3.05, 3.63) is 119 Å². The number of urea groups is 1. The Kier molecular flexibility index (Phi) is 8.44. The highest BCUT2D eigenvalue weighted by Crippen LogP contribution is 2.37. The van der Waals surface area contributed by atoms with Crippen LogP contribution >= 0.6 is 0 Å². The van der Waals surface area contributed by atoms with Crippen LogP contribution in [-0.4, -0.2) is 36.0 Å². The molecule has 0 aromatic heterocycles. The Morgan fingerprint density at radius 1 is 0.902 bits per heavy atom. The number of hydrogen-bond donors (Lipinski definition) is 2. The van der Waals surface area contributed by atoms with Crippen molar-refractivity contribution in [1.29, 1.82) is 0 Å². The Labute approximate surface area is 239 Å². The third-order valence-corrected chi connectivity index (χ3v) is 7.12. The molecule has 0 saturated carbocycles. The maximum atomic E-state index is 13.5. The summed E-state index contributed by atoms with van der Waals surface area (Å²) in [6.45, 7) is 4.47. The van der Waals surface area contributed by atoms with E-state index < -0.39 is 12.0 Å². The molecule has 7 nitrogen and oxygen atoms in total. The van der Waals surface area contributed by atoms with Gasteiger partial charge in [-0.25, -0.2) is 9.59 Å². The average molecular weight is 548 g/mol. The number of anilines is 1. The summed E-state index contributed by atoms with van der Waals surface area (Å²) in [5, 5.41) is 7.86. The van der Waals surface area contributed by atoms with Crippen molar-refractivity contribution in [2.24, 2.45) is 0 Å². The van der Waals surface area contributed by atoms with Crippen molar-refractivity contribution < 1.29 is 19.1 Å². The zero-order valence-electron chi connectivity index (χ0n) is 23.2. The number of nitrogens with one attached hydrogen (secondary N) is 2. The molecule has 0 saturated heterocycles. The van der Waals surface area contributed by atoms with Gasteiger partial charge in [0.15, 0.2) is 0 Å². The molecule has 0 fully saturated rings. The van der Waals surface area contributed by atoms with Crippen LogP contribution < -0.4 is 10.6 Å². The number of unbranched alkanes of at least 4 members (excludes halogenated alkanes) is 1. The summed E-state index contributed by atoms with van der Waals surface area (Å²) in [7, 11) is 0. The van der Waals surface area contributed by atoms with Crippen LogP contribution in [0.4, 0.5) is 10.5 Å². The van der Waals surface area contributed by atoms with Gasteiger partial charge in [-0.2, -0.15) is 0 Å². The molecule has 0 aliphatic carbocycles. The lowest BCUT2D eigenvalue weighted by atomic mass is 9.91. The summed E-state index contributed by atoms with van der Waals surface area (Å²) in [6.07, 6.45) is 1.67. The summed E-state index contributed by atoms with van der Waals surface area (Å²) >= 11 is 0. The molecule has 0 unspecified atom stereocenters. The summed E-state index contributed by atoms with van der Waals surface area (Å²) in [5.41, 5.74) is 3.41. The topological polar surface area (TPSA) is 87.7 Å². The SMILES string of the molecule is CCCCN1C(=O)N[C@@H](c2cccc(NC(=O)c3cccc4ccccc34)c2)C(C(=O)OCC)=C1c1ccccc1. The number of benzene rings is 4. The van der Waals surface area contributed by atoms with E-state index in [1.54, 1.807) is 36.1 Å². The van der Waals surface area contributed by atoms with Gasteiger partial charge in [0.1, 0.15) is 0 Å². The fourth-order valence-corrected chi connectivity index (χ4v) is 5.19. The number of fused-ring (bicyclic) bond motifs is 1. The molecule has 4 aromatic carbocycles. The molecule has 3 amide bonds. The van der Waals surface area contributed by atoms with E-state index in [1.165, 1.54) is 0 Å². The van der Waals surface area contributed by atoms with Gasteiger partial charge in [-0.3, -0.25) is 9.69 Å². The number of rotatable bonds is 9. The van der Waals surface area contributed by atoms with E-state index >= 15 is 0 Å². The van der Waals surface area contributed by atoms with E-state index in [0.29, 0.717) is 34.6 Å². The zero-order chi connectivity index (χ0) is 28.8. The Hall–Kier alpha value is -4.91. The summed E-state index contributed by atoms with van der Waals surface area (Å²) < 4.78 is 5.52. The number of carbonyl (C=O) groups is 3. The van der Waals surface area contributed by atoms with Crippen LogP contribution in [-0.2, 0) is 9.53 Å². The second-order valence-electron chi connectivity index (χ2n) is 9.84. The van der Waals surface area contributed by atoms with Crippen LogP contribution in [0.3, 0.4) is 0 Å². The summed E-state index contributed by atoms with van der Waals surface area (Å²) in [5.74, 6) is -0.744. The third kappa shape index (κ3) is 5.84. The molecule has 0 bridgehead atoms. The van der Waals surface area contributed by atoms with Gasteiger partial charge in [0, 0.05) is 17.8 Å². The highest BCUT2D eigenvalue weighted by atomic mass is 16.5. The van der Waals surface area contributed by atoms with Gasteiger partial charge >= 0.3 is 12.0 Å². The fourth-order valence-electron chi connectivity index (χ4n) is 5.19. The van der Waals surface area contributed by atoms with E-state index in [2.05, 4.69) is 17.6 Å².